The molecule has 3 nitrogen and oxygen atoms in total. The number of nitrogens with one attached hydrogen (secondary N) is 1. The predicted molar refractivity (Wildman–Crippen MR) is 87.8 cm³/mol. The number of fused-ring (bicyclic) bond motifs is 2. The lowest BCUT2D eigenvalue weighted by atomic mass is 9.69. The van der Waals surface area contributed by atoms with E-state index in [4.69, 9.17) is 4.74 Å². The Kier molecular flexibility index (Phi) is 3.70. The molecule has 22 heavy (non-hydrogen) atoms. The molecule has 1 aromatic rings. The SMILES string of the molecule is Cc1cccc(OCC(=O)N[C@H]2C[C@H]3CC[C@]2(C)C3(C)C)c1. The van der Waals surface area contributed by atoms with Crippen LogP contribution in [0.25, 0.3) is 0 Å². The molecule has 2 bridgehead atoms. The Labute approximate surface area is 133 Å². The topological polar surface area (TPSA) is 38.3 Å². The second-order valence-electron chi connectivity index (χ2n) is 7.84. The molecule has 120 valence electrons. The Morgan fingerprint density at radius 1 is 1.36 bits per heavy atom. The third kappa shape index (κ3) is 2.41. The van der Waals surface area contributed by atoms with Gasteiger partial charge in [0.15, 0.2) is 6.61 Å². The lowest BCUT2D eigenvalue weighted by molar-refractivity contribution is -0.124. The van der Waals surface area contributed by atoms with Crippen LogP contribution in [0.4, 0.5) is 0 Å². The van der Waals surface area contributed by atoms with Crippen molar-refractivity contribution in [3.63, 3.8) is 0 Å². The van der Waals surface area contributed by atoms with Gasteiger partial charge in [0.2, 0.25) is 0 Å². The lowest BCUT2D eigenvalue weighted by Crippen LogP contribution is -2.48. The highest BCUT2D eigenvalue weighted by Gasteiger charge is 2.61. The molecule has 3 rings (SSSR count). The average molecular weight is 301 g/mol. The van der Waals surface area contributed by atoms with Crippen LogP contribution in [-0.4, -0.2) is 18.6 Å². The summed E-state index contributed by atoms with van der Waals surface area (Å²) in [6.07, 6.45) is 3.63. The van der Waals surface area contributed by atoms with Crippen LogP contribution in [0.5, 0.6) is 5.75 Å². The van der Waals surface area contributed by atoms with Crippen molar-refractivity contribution in [2.45, 2.75) is 53.0 Å². The number of benzene rings is 1. The Morgan fingerprint density at radius 3 is 2.73 bits per heavy atom. The first-order chi connectivity index (χ1) is 10.3. The van der Waals surface area contributed by atoms with Crippen LogP contribution in [0.3, 0.4) is 0 Å². The van der Waals surface area contributed by atoms with Gasteiger partial charge in [0.25, 0.3) is 5.91 Å². The van der Waals surface area contributed by atoms with Gasteiger partial charge in [0, 0.05) is 6.04 Å². The number of hydrogen-bond donors (Lipinski definition) is 1. The summed E-state index contributed by atoms with van der Waals surface area (Å²) in [6.45, 7) is 9.18. The van der Waals surface area contributed by atoms with Crippen molar-refractivity contribution in [2.24, 2.45) is 16.7 Å². The summed E-state index contributed by atoms with van der Waals surface area (Å²) >= 11 is 0. The van der Waals surface area contributed by atoms with Gasteiger partial charge < -0.3 is 10.1 Å². The summed E-state index contributed by atoms with van der Waals surface area (Å²) < 4.78 is 5.61. The van der Waals surface area contributed by atoms with E-state index in [2.05, 4.69) is 26.1 Å². The third-order valence-electron chi connectivity index (χ3n) is 6.49. The molecule has 1 aromatic carbocycles. The standard InChI is InChI=1S/C19H27NO2/c1-13-6-5-7-15(10-13)22-12-17(21)20-16-11-14-8-9-19(16,4)18(14,2)3/h5-7,10,14,16H,8-9,11-12H2,1-4H3,(H,20,21)/t14-,16+,19+/m1/s1. The van der Waals surface area contributed by atoms with Gasteiger partial charge in [-0.2, -0.15) is 0 Å². The van der Waals surface area contributed by atoms with Crippen molar-refractivity contribution < 1.29 is 9.53 Å². The zero-order chi connectivity index (χ0) is 16.0. The second kappa shape index (κ2) is 5.29. The van der Waals surface area contributed by atoms with Crippen molar-refractivity contribution in [1.82, 2.24) is 5.32 Å². The predicted octanol–water partition coefficient (Wildman–Crippen LogP) is 3.70. The molecule has 2 saturated carbocycles. The van der Waals surface area contributed by atoms with Crippen LogP contribution in [0.1, 0.15) is 45.6 Å². The fourth-order valence-corrected chi connectivity index (χ4v) is 4.51. The molecule has 0 aromatic heterocycles. The van der Waals surface area contributed by atoms with Gasteiger partial charge in [0.1, 0.15) is 5.75 Å². The van der Waals surface area contributed by atoms with Crippen LogP contribution in [0, 0.1) is 23.7 Å². The minimum absolute atomic E-state index is 0.00363. The van der Waals surface area contributed by atoms with Crippen molar-refractivity contribution in [3.05, 3.63) is 29.8 Å². The Balaban J connectivity index is 1.57. The van der Waals surface area contributed by atoms with E-state index in [1.165, 1.54) is 12.8 Å². The van der Waals surface area contributed by atoms with E-state index >= 15 is 0 Å². The highest BCUT2D eigenvalue weighted by Crippen LogP contribution is 2.65. The molecule has 0 radical (unpaired) electrons. The van der Waals surface area contributed by atoms with E-state index in [1.807, 2.05) is 31.2 Å². The molecule has 2 fully saturated rings. The van der Waals surface area contributed by atoms with Crippen molar-refractivity contribution in [1.29, 1.82) is 0 Å². The summed E-state index contributed by atoms with van der Waals surface area (Å²) in [5.41, 5.74) is 1.68. The molecule has 3 atom stereocenters. The normalized spacial score (nSPS) is 32.0. The molecular weight excluding hydrogens is 274 g/mol. The smallest absolute Gasteiger partial charge is 0.258 e. The maximum absolute atomic E-state index is 12.3. The molecule has 0 aliphatic heterocycles. The summed E-state index contributed by atoms with van der Waals surface area (Å²) in [5, 5.41) is 3.23. The quantitative estimate of drug-likeness (QED) is 0.921. The zero-order valence-corrected chi connectivity index (χ0v) is 14.1. The number of hydrogen-bond acceptors (Lipinski definition) is 2. The van der Waals surface area contributed by atoms with E-state index in [9.17, 15) is 4.79 Å². The molecule has 2 aliphatic carbocycles. The molecular formula is C19H27NO2. The van der Waals surface area contributed by atoms with E-state index in [0.717, 1.165) is 23.7 Å². The van der Waals surface area contributed by atoms with Crippen LogP contribution in [-0.2, 0) is 4.79 Å². The first-order valence-corrected chi connectivity index (χ1v) is 8.32. The van der Waals surface area contributed by atoms with Gasteiger partial charge in [-0.25, -0.2) is 0 Å². The van der Waals surface area contributed by atoms with Crippen molar-refractivity contribution >= 4 is 5.91 Å². The fraction of sp³-hybridized carbons (Fsp3) is 0.632. The average Bonchev–Trinajstić information content (AvgIpc) is 2.78. The minimum atomic E-state index is -0.00363. The van der Waals surface area contributed by atoms with Crippen LogP contribution in [0.2, 0.25) is 0 Å². The van der Waals surface area contributed by atoms with Crippen molar-refractivity contribution in [3.8, 4) is 5.75 Å². The molecule has 3 heteroatoms. The fourth-order valence-electron chi connectivity index (χ4n) is 4.51. The summed E-state index contributed by atoms with van der Waals surface area (Å²) in [4.78, 5) is 12.3. The van der Waals surface area contributed by atoms with Gasteiger partial charge in [-0.3, -0.25) is 4.79 Å². The van der Waals surface area contributed by atoms with E-state index in [-0.39, 0.29) is 24.0 Å². The van der Waals surface area contributed by atoms with Crippen LogP contribution >= 0.6 is 0 Å². The summed E-state index contributed by atoms with van der Waals surface area (Å²) in [5.74, 6) is 1.49. The highest BCUT2D eigenvalue weighted by atomic mass is 16.5. The molecule has 0 unspecified atom stereocenters. The number of carbonyl (C=O) groups is 1. The molecule has 0 saturated heterocycles. The largest absolute Gasteiger partial charge is 0.484 e. The maximum atomic E-state index is 12.3. The Bertz CT molecular complexity index is 581. The Morgan fingerprint density at radius 2 is 2.14 bits per heavy atom. The van der Waals surface area contributed by atoms with Gasteiger partial charge in [-0.05, 0) is 60.6 Å². The Hall–Kier alpha value is -1.51. The minimum Gasteiger partial charge on any atom is -0.484 e. The number of carbonyl (C=O) groups excluding carboxylic acids is 1. The number of rotatable bonds is 4. The number of aryl methyl sites for hydroxylation is 1. The van der Waals surface area contributed by atoms with E-state index in [1.54, 1.807) is 0 Å². The first kappa shape index (κ1) is 15.4. The lowest BCUT2D eigenvalue weighted by Gasteiger charge is -2.39. The van der Waals surface area contributed by atoms with Crippen molar-refractivity contribution in [2.75, 3.05) is 6.61 Å². The highest BCUT2D eigenvalue weighted by molar-refractivity contribution is 5.78. The van der Waals surface area contributed by atoms with E-state index in [0.29, 0.717) is 5.41 Å². The van der Waals surface area contributed by atoms with Crippen LogP contribution < -0.4 is 10.1 Å². The summed E-state index contributed by atoms with van der Waals surface area (Å²) in [6, 6.07) is 8.10. The number of amides is 1. The third-order valence-corrected chi connectivity index (χ3v) is 6.49. The molecule has 1 N–H and O–H groups in total. The molecule has 0 heterocycles. The molecule has 1 amide bonds. The van der Waals surface area contributed by atoms with Gasteiger partial charge in [-0.15, -0.1) is 0 Å². The molecule has 0 spiro atoms. The van der Waals surface area contributed by atoms with Gasteiger partial charge in [-0.1, -0.05) is 32.9 Å². The first-order valence-electron chi connectivity index (χ1n) is 8.32. The number of ether oxygens (including phenoxy) is 1. The second-order valence-corrected chi connectivity index (χ2v) is 7.84. The van der Waals surface area contributed by atoms with E-state index < -0.39 is 0 Å². The summed E-state index contributed by atoms with van der Waals surface area (Å²) in [7, 11) is 0. The van der Waals surface area contributed by atoms with Gasteiger partial charge in [0.05, 0.1) is 0 Å². The molecule has 2 aliphatic rings. The van der Waals surface area contributed by atoms with Crippen LogP contribution in [0.15, 0.2) is 24.3 Å². The maximum Gasteiger partial charge on any atom is 0.258 e. The van der Waals surface area contributed by atoms with Gasteiger partial charge >= 0.3 is 0 Å². The zero-order valence-electron chi connectivity index (χ0n) is 14.1. The monoisotopic (exact) mass is 301 g/mol.